The summed E-state index contributed by atoms with van der Waals surface area (Å²) in [6.07, 6.45) is 4.04. The zero-order chi connectivity index (χ0) is 24.0. The molecule has 2 aromatic carbocycles. The quantitative estimate of drug-likeness (QED) is 0.209. The second-order valence-electron chi connectivity index (χ2n) is 7.99. The van der Waals surface area contributed by atoms with Gasteiger partial charge in [0.2, 0.25) is 0 Å². The number of hydrogen-bond donors (Lipinski definition) is 0. The van der Waals surface area contributed by atoms with E-state index in [-0.39, 0.29) is 22.6 Å². The molecular formula is C27H22N4O2S2. The molecule has 174 valence electrons. The summed E-state index contributed by atoms with van der Waals surface area (Å²) in [7, 11) is 0. The molecule has 8 heteroatoms. The summed E-state index contributed by atoms with van der Waals surface area (Å²) < 4.78 is 1.61. The van der Waals surface area contributed by atoms with Crippen molar-refractivity contribution >= 4 is 40.0 Å². The van der Waals surface area contributed by atoms with Gasteiger partial charge in [-0.2, -0.15) is 0 Å². The predicted molar refractivity (Wildman–Crippen MR) is 141 cm³/mol. The molecule has 3 heterocycles. The first-order valence-electron chi connectivity index (χ1n) is 11.2. The highest BCUT2D eigenvalue weighted by atomic mass is 32.2. The van der Waals surface area contributed by atoms with E-state index in [9.17, 15) is 9.59 Å². The normalized spacial score (nSPS) is 11.1. The molecule has 0 N–H and O–H groups in total. The molecule has 0 unspecified atom stereocenters. The van der Waals surface area contributed by atoms with Crippen molar-refractivity contribution in [2.45, 2.75) is 24.5 Å². The number of hydrogen-bond acceptors (Lipinski definition) is 7. The topological polar surface area (TPSA) is 77.7 Å². The Bertz CT molecular complexity index is 1520. The summed E-state index contributed by atoms with van der Waals surface area (Å²) in [5.74, 6) is 0.307. The molecule has 5 aromatic rings. The first-order chi connectivity index (χ1) is 17.2. The largest absolute Gasteiger partial charge is 0.298 e. The molecule has 6 nitrogen and oxygen atoms in total. The van der Waals surface area contributed by atoms with E-state index in [1.54, 1.807) is 15.9 Å². The number of carbonyl (C=O) groups is 1. The van der Waals surface area contributed by atoms with Gasteiger partial charge in [0.05, 0.1) is 5.75 Å². The van der Waals surface area contributed by atoms with Gasteiger partial charge in [-0.25, -0.2) is 15.0 Å². The van der Waals surface area contributed by atoms with Crippen molar-refractivity contribution in [2.24, 2.45) is 0 Å². The Hall–Kier alpha value is -3.62. The van der Waals surface area contributed by atoms with Gasteiger partial charge >= 0.3 is 0 Å². The maximum absolute atomic E-state index is 13.2. The minimum Gasteiger partial charge on any atom is -0.298 e. The number of aryl methyl sites for hydroxylation is 1. The van der Waals surface area contributed by atoms with Gasteiger partial charge in [0.25, 0.3) is 5.56 Å². The summed E-state index contributed by atoms with van der Waals surface area (Å²) in [4.78, 5) is 40.0. The summed E-state index contributed by atoms with van der Waals surface area (Å²) >= 11 is 2.87. The Morgan fingerprint density at radius 1 is 0.943 bits per heavy atom. The first kappa shape index (κ1) is 23.1. The maximum Gasteiger partial charge on any atom is 0.282 e. The number of thioether (sulfide) groups is 1. The van der Waals surface area contributed by atoms with E-state index in [0.29, 0.717) is 30.2 Å². The Labute approximate surface area is 210 Å². The molecule has 3 aromatic heterocycles. The SMILES string of the molecule is O=C(CSc1nc2nccnc2c(=O)n1CCc1ccccc1)Cc1cc(-c2ccccc2)cs1. The molecule has 0 atom stereocenters. The fourth-order valence-electron chi connectivity index (χ4n) is 3.77. The van der Waals surface area contributed by atoms with Crippen LogP contribution in [0.2, 0.25) is 0 Å². The van der Waals surface area contributed by atoms with Crippen molar-refractivity contribution in [3.63, 3.8) is 0 Å². The smallest absolute Gasteiger partial charge is 0.282 e. The molecule has 0 saturated carbocycles. The van der Waals surface area contributed by atoms with Gasteiger partial charge in [-0.15, -0.1) is 11.3 Å². The third-order valence-electron chi connectivity index (χ3n) is 5.52. The molecule has 0 spiro atoms. The van der Waals surface area contributed by atoms with E-state index in [1.807, 2.05) is 48.5 Å². The van der Waals surface area contributed by atoms with E-state index >= 15 is 0 Å². The van der Waals surface area contributed by atoms with Gasteiger partial charge in [0.1, 0.15) is 5.78 Å². The number of fused-ring (bicyclic) bond motifs is 1. The fraction of sp³-hybridized carbons (Fsp3) is 0.148. The zero-order valence-corrected chi connectivity index (χ0v) is 20.5. The highest BCUT2D eigenvalue weighted by Gasteiger charge is 2.16. The number of aromatic nitrogens is 4. The van der Waals surface area contributed by atoms with Gasteiger partial charge in [0.15, 0.2) is 16.3 Å². The van der Waals surface area contributed by atoms with Gasteiger partial charge in [-0.05, 0) is 34.6 Å². The number of thiophene rings is 1. The Balaban J connectivity index is 1.32. The summed E-state index contributed by atoms with van der Waals surface area (Å²) in [6, 6.07) is 22.2. The van der Waals surface area contributed by atoms with Gasteiger partial charge < -0.3 is 0 Å². The van der Waals surface area contributed by atoms with Crippen LogP contribution in [0, 0.1) is 0 Å². The predicted octanol–water partition coefficient (Wildman–Crippen LogP) is 5.06. The Kier molecular flexibility index (Phi) is 7.11. The summed E-state index contributed by atoms with van der Waals surface area (Å²) in [5, 5.41) is 2.57. The van der Waals surface area contributed by atoms with Crippen LogP contribution in [0.5, 0.6) is 0 Å². The van der Waals surface area contributed by atoms with Gasteiger partial charge in [-0.3, -0.25) is 14.2 Å². The van der Waals surface area contributed by atoms with E-state index in [1.165, 1.54) is 24.2 Å². The lowest BCUT2D eigenvalue weighted by Crippen LogP contribution is -2.25. The van der Waals surface area contributed by atoms with E-state index in [0.717, 1.165) is 21.6 Å². The molecule has 0 bridgehead atoms. The maximum atomic E-state index is 13.2. The summed E-state index contributed by atoms with van der Waals surface area (Å²) in [6.45, 7) is 0.449. The minimum absolute atomic E-state index is 0.0829. The number of ketones is 1. The number of carbonyl (C=O) groups excluding carboxylic acids is 1. The number of rotatable bonds is 9. The zero-order valence-electron chi connectivity index (χ0n) is 18.8. The third-order valence-corrected chi connectivity index (χ3v) is 7.49. The molecule has 0 aliphatic heterocycles. The molecule has 0 amide bonds. The van der Waals surface area contributed by atoms with Crippen molar-refractivity contribution in [2.75, 3.05) is 5.75 Å². The van der Waals surface area contributed by atoms with Crippen LogP contribution >= 0.6 is 23.1 Å². The van der Waals surface area contributed by atoms with Crippen LogP contribution in [-0.2, 0) is 24.2 Å². The first-order valence-corrected chi connectivity index (χ1v) is 13.1. The van der Waals surface area contributed by atoms with Crippen LogP contribution in [-0.4, -0.2) is 31.1 Å². The van der Waals surface area contributed by atoms with Crippen LogP contribution in [0.25, 0.3) is 22.3 Å². The number of Topliss-reactive ketones (excluding diaryl/α,β-unsaturated/α-hetero) is 1. The monoisotopic (exact) mass is 498 g/mol. The molecule has 0 aliphatic carbocycles. The van der Waals surface area contributed by atoms with E-state index < -0.39 is 0 Å². The molecule has 0 fully saturated rings. The molecule has 5 rings (SSSR count). The van der Waals surface area contributed by atoms with E-state index in [2.05, 4.69) is 38.5 Å². The molecular weight excluding hydrogens is 476 g/mol. The second-order valence-corrected chi connectivity index (χ2v) is 9.93. The molecule has 35 heavy (non-hydrogen) atoms. The molecule has 0 radical (unpaired) electrons. The van der Waals surface area contributed by atoms with Gasteiger partial charge in [0, 0.05) is 30.2 Å². The minimum atomic E-state index is -0.236. The Morgan fingerprint density at radius 3 is 2.49 bits per heavy atom. The van der Waals surface area contributed by atoms with Crippen molar-refractivity contribution in [3.05, 3.63) is 105 Å². The van der Waals surface area contributed by atoms with Crippen molar-refractivity contribution in [1.29, 1.82) is 0 Å². The van der Waals surface area contributed by atoms with Crippen LogP contribution in [0.3, 0.4) is 0 Å². The van der Waals surface area contributed by atoms with Crippen LogP contribution in [0.1, 0.15) is 10.4 Å². The average Bonchev–Trinajstić information content (AvgIpc) is 3.36. The van der Waals surface area contributed by atoms with Crippen LogP contribution in [0.4, 0.5) is 0 Å². The van der Waals surface area contributed by atoms with Gasteiger partial charge in [-0.1, -0.05) is 72.4 Å². The summed E-state index contributed by atoms with van der Waals surface area (Å²) in [5.41, 5.74) is 3.69. The lowest BCUT2D eigenvalue weighted by atomic mass is 10.1. The average molecular weight is 499 g/mol. The second kappa shape index (κ2) is 10.8. The number of benzene rings is 2. The lowest BCUT2D eigenvalue weighted by molar-refractivity contribution is -0.115. The van der Waals surface area contributed by atoms with Crippen LogP contribution in [0.15, 0.2) is 94.5 Å². The van der Waals surface area contributed by atoms with Crippen molar-refractivity contribution < 1.29 is 4.79 Å². The van der Waals surface area contributed by atoms with Crippen molar-refractivity contribution in [3.8, 4) is 11.1 Å². The highest BCUT2D eigenvalue weighted by molar-refractivity contribution is 7.99. The number of nitrogens with zero attached hydrogens (tertiary/aromatic N) is 4. The third kappa shape index (κ3) is 5.55. The highest BCUT2D eigenvalue weighted by Crippen LogP contribution is 2.26. The Morgan fingerprint density at radius 2 is 1.69 bits per heavy atom. The lowest BCUT2D eigenvalue weighted by Gasteiger charge is -2.12. The standard InChI is InChI=1S/C27H22N4O2S2/c32-22(16-23-15-21(17-34-23)20-9-5-2-6-10-20)18-35-27-30-25-24(28-12-13-29-25)26(33)31(27)14-11-19-7-3-1-4-8-19/h1-10,12-13,15,17H,11,14,16,18H2. The van der Waals surface area contributed by atoms with E-state index in [4.69, 9.17) is 0 Å². The fourth-order valence-corrected chi connectivity index (χ4v) is 5.56. The molecule has 0 saturated heterocycles. The molecule has 0 aliphatic rings. The van der Waals surface area contributed by atoms with Crippen LogP contribution < -0.4 is 5.56 Å². The van der Waals surface area contributed by atoms with Crippen molar-refractivity contribution in [1.82, 2.24) is 19.5 Å².